The summed E-state index contributed by atoms with van der Waals surface area (Å²) >= 11 is 9.59. The second kappa shape index (κ2) is 37.5. The van der Waals surface area contributed by atoms with Crippen LogP contribution in [-0.4, -0.2) is 0 Å². The highest BCUT2D eigenvalue weighted by atomic mass is 33.5. The van der Waals surface area contributed by atoms with Crippen LogP contribution in [0.25, 0.3) is 0 Å². The van der Waals surface area contributed by atoms with Crippen molar-refractivity contribution in [1.29, 1.82) is 0 Å². The Kier molecular flexibility index (Phi) is 39.6. The lowest BCUT2D eigenvalue weighted by atomic mass is 9.87. The van der Waals surface area contributed by atoms with Crippen molar-refractivity contribution in [2.45, 2.75) is 38.0 Å². The van der Waals surface area contributed by atoms with Crippen LogP contribution in [0.5, 0.6) is 0 Å². The summed E-state index contributed by atoms with van der Waals surface area (Å²) in [6.45, 7) is 2.12. The van der Waals surface area contributed by atoms with Crippen molar-refractivity contribution < 1.29 is 0 Å². The highest BCUT2D eigenvalue weighted by molar-refractivity contribution is 8.80. The molecular weight excluding hydrogens is 1290 g/mol. The Balaban J connectivity index is 0.000000481. The zero-order valence-corrected chi connectivity index (χ0v) is 51.4. The molecule has 0 aliphatic heterocycles. The third kappa shape index (κ3) is 26.4. The SMILES string of the molecule is Cc1c(N)c(N)cc2c1C1CCC2C1.S=S=S=S=S=S=S=S=S=S=S=S=S=S=S=S=S=S=S=S=S=S=S=S=S=S=S=S=S=S=S=S=S=S=S. The van der Waals surface area contributed by atoms with Crippen LogP contribution >= 0.6 is 0 Å². The van der Waals surface area contributed by atoms with E-state index >= 15 is 0 Å². The van der Waals surface area contributed by atoms with Crippen LogP contribution in [0.4, 0.5) is 11.4 Å². The number of hydrogen-bond acceptors (Lipinski definition) is 4. The first-order valence-electron chi connectivity index (χ1n) is 11.0. The van der Waals surface area contributed by atoms with E-state index in [9.17, 15) is 0 Å². The van der Waals surface area contributed by atoms with Gasteiger partial charge in [0.2, 0.25) is 0 Å². The molecule has 2 bridgehead atoms. The van der Waals surface area contributed by atoms with E-state index in [0.29, 0.717) is 0 Å². The van der Waals surface area contributed by atoms with E-state index in [-0.39, 0.29) is 0 Å². The largest absolute Gasteiger partial charge is 0.397 e. The van der Waals surface area contributed by atoms with Crippen molar-refractivity contribution in [1.82, 2.24) is 0 Å². The third-order valence-corrected chi connectivity index (χ3v) is 76.0. The molecule has 2 aliphatic carbocycles. The Hall–Kier alpha value is 6.52. The monoisotopic (exact) mass is 1310 g/mol. The molecule has 1 saturated carbocycles. The van der Waals surface area contributed by atoms with E-state index in [4.69, 9.17) is 33.8 Å². The molecule has 1 aromatic carbocycles. The number of benzene rings is 1. The molecule has 49 heavy (non-hydrogen) atoms. The van der Waals surface area contributed by atoms with E-state index < -0.39 is 0 Å². The molecule has 284 valence electrons. The Morgan fingerprint density at radius 1 is 0.449 bits per heavy atom. The predicted octanol–water partition coefficient (Wildman–Crippen LogP) is 2.44. The molecule has 0 aromatic heterocycles. The summed E-state index contributed by atoms with van der Waals surface area (Å²) in [7, 11) is 58.2. The topological polar surface area (TPSA) is 52.0 Å². The summed E-state index contributed by atoms with van der Waals surface area (Å²) in [5.74, 6) is 1.55. The van der Waals surface area contributed by atoms with Crippen molar-refractivity contribution in [3.8, 4) is 0 Å². The van der Waals surface area contributed by atoms with Gasteiger partial charge in [-0.1, -0.05) is 0 Å². The molecule has 2 nitrogen and oxygen atoms in total. The highest BCUT2D eigenvalue weighted by Gasteiger charge is 2.38. The molecule has 0 radical (unpaired) electrons. The smallest absolute Gasteiger partial charge is 0.0580 e. The molecule has 0 amide bonds. The maximum absolute atomic E-state index is 5.96. The Labute approximate surface area is 389 Å². The first kappa shape index (κ1) is 51.7. The Morgan fingerprint density at radius 3 is 1.00 bits per heavy atom. The van der Waals surface area contributed by atoms with Gasteiger partial charge >= 0.3 is 0 Å². The maximum atomic E-state index is 5.96. The van der Waals surface area contributed by atoms with Crippen LogP contribution in [0.15, 0.2) is 6.07 Å². The number of nitrogen functional groups attached to an aromatic ring is 2. The van der Waals surface area contributed by atoms with Crippen molar-refractivity contribution in [3.05, 3.63) is 22.8 Å². The van der Waals surface area contributed by atoms with Gasteiger partial charge in [-0.25, -0.2) is 0 Å². The highest BCUT2D eigenvalue weighted by Crippen LogP contribution is 2.55. The van der Waals surface area contributed by atoms with Crippen molar-refractivity contribution in [3.63, 3.8) is 0 Å². The Morgan fingerprint density at radius 2 is 0.714 bits per heavy atom. The fourth-order valence-electron chi connectivity index (χ4n) is 3.66. The van der Waals surface area contributed by atoms with Crippen molar-refractivity contribution >= 4 is 327 Å². The molecule has 37 heteroatoms. The molecular formula is C12H16N2S35. The molecule has 3 rings (SSSR count). The number of anilines is 2. The van der Waals surface area contributed by atoms with Gasteiger partial charge in [-0.2, -0.15) is 0 Å². The minimum absolute atomic E-state index is 0.772. The Bertz CT molecular complexity index is 2770. The van der Waals surface area contributed by atoms with Crippen LogP contribution in [0.2, 0.25) is 0 Å². The molecule has 2 unspecified atom stereocenters. The summed E-state index contributed by atoms with van der Waals surface area (Å²) in [5.41, 5.74) is 17.7. The van der Waals surface area contributed by atoms with Gasteiger partial charge in [0.25, 0.3) is 0 Å². The van der Waals surface area contributed by atoms with Gasteiger partial charge in [0.15, 0.2) is 0 Å². The standard InChI is InChI=1S/C12H16N2.S35/c1-6-11-8-3-2-7(4-8)9(11)5-10(13)12(6)14;1-3-5-7-9-11-13-15-17-19-21-23-25-27-29-31-33-35-34-32-30-28-26-24-22-20-18-16-14-12-10-8-6-4-2/h5,7-8H,2-4,13-14H2,1H3;. The zero-order valence-electron chi connectivity index (χ0n) is 22.8. The fraction of sp³-hybridized carbons (Fsp3) is 0.500. The number of rotatable bonds is 0. The van der Waals surface area contributed by atoms with Gasteiger partial charge in [0.05, 0.1) is 11.4 Å². The molecule has 1 aromatic rings. The van der Waals surface area contributed by atoms with E-state index in [0.717, 1.165) is 23.2 Å². The fourth-order valence-corrected chi connectivity index (χ4v) is 88.7. The summed E-state index contributed by atoms with van der Waals surface area (Å²) in [6.07, 6.45) is 4.03. The summed E-state index contributed by atoms with van der Waals surface area (Å²) < 4.78 is 0. The summed E-state index contributed by atoms with van der Waals surface area (Å²) in [5, 5.41) is 0. The van der Waals surface area contributed by atoms with Crippen LogP contribution in [-0.2, 0) is 315 Å². The predicted molar refractivity (Wildman–Crippen MR) is 317 cm³/mol. The molecule has 0 saturated heterocycles. The van der Waals surface area contributed by atoms with E-state index in [1.807, 2.05) is 169 Å². The van der Waals surface area contributed by atoms with Crippen LogP contribution in [0.3, 0.4) is 0 Å². The van der Waals surface area contributed by atoms with E-state index in [1.54, 1.807) is 107 Å². The first-order valence-corrected chi connectivity index (χ1v) is 56.4. The van der Waals surface area contributed by atoms with Gasteiger partial charge in [0.1, 0.15) is 0 Å². The first-order chi connectivity index (χ1) is 24.1. The molecule has 0 spiro atoms. The molecule has 2 aliphatic rings. The van der Waals surface area contributed by atoms with Gasteiger partial charge in [-0.15, -0.1) is 0 Å². The lowest BCUT2D eigenvalue weighted by molar-refractivity contribution is 0.714. The lowest BCUT2D eigenvalue weighted by Crippen LogP contribution is -2.06. The van der Waals surface area contributed by atoms with Gasteiger partial charge in [0, 0.05) is 315 Å². The van der Waals surface area contributed by atoms with Crippen LogP contribution in [0, 0.1) is 6.92 Å². The molecule has 2 atom stereocenters. The molecule has 1 fully saturated rings. The average molecular weight is 1310 g/mol. The lowest BCUT2D eigenvalue weighted by Gasteiger charge is -2.20. The second-order valence-corrected chi connectivity index (χ2v) is 65.3. The number of nitrogens with two attached hydrogens (primary N) is 2. The molecule has 4 N–H and O–H groups in total. The second-order valence-electron chi connectivity index (χ2n) is 6.96. The van der Waals surface area contributed by atoms with E-state index in [2.05, 4.69) is 13.0 Å². The van der Waals surface area contributed by atoms with Gasteiger partial charge in [-0.05, 0) is 60.8 Å². The van der Waals surface area contributed by atoms with E-state index in [1.165, 1.54) is 53.7 Å². The van der Waals surface area contributed by atoms with Gasteiger partial charge in [-0.3, -0.25) is 0 Å². The molecule has 0 heterocycles. The summed E-state index contributed by atoms with van der Waals surface area (Å²) in [6, 6.07) is 2.11. The zero-order chi connectivity index (χ0) is 35.2. The van der Waals surface area contributed by atoms with Gasteiger partial charge < -0.3 is 11.5 Å². The van der Waals surface area contributed by atoms with Crippen molar-refractivity contribution in [2.24, 2.45) is 0 Å². The third-order valence-electron chi connectivity index (χ3n) is 4.91. The number of hydrogen-bond donors (Lipinski definition) is 2. The minimum Gasteiger partial charge on any atom is -0.397 e. The minimum atomic E-state index is 0.772. The quantitative estimate of drug-likeness (QED) is 0.393. The number of fused-ring (bicyclic) bond motifs is 5. The normalized spacial score (nSPS) is 13.5. The summed E-state index contributed by atoms with van der Waals surface area (Å²) in [4.78, 5) is 0. The van der Waals surface area contributed by atoms with Crippen LogP contribution in [0.1, 0.15) is 47.8 Å². The maximum Gasteiger partial charge on any atom is 0.0580 e. The van der Waals surface area contributed by atoms with Crippen LogP contribution < -0.4 is 11.5 Å². The van der Waals surface area contributed by atoms with Crippen molar-refractivity contribution in [2.75, 3.05) is 11.5 Å². The average Bonchev–Trinajstić information content (AvgIpc) is 3.72.